The molecule has 0 heterocycles. The molecule has 0 aromatic heterocycles. The van der Waals surface area contributed by atoms with E-state index in [1.807, 2.05) is 19.0 Å². The third kappa shape index (κ3) is 4.71. The number of carbonyl (C=O) groups is 1. The van der Waals surface area contributed by atoms with Crippen molar-refractivity contribution in [3.8, 4) is 11.5 Å². The fraction of sp³-hybridized carbons (Fsp3) is 0.500. The number of nitrogens with zero attached hydrogens (tertiary/aromatic N) is 1. The number of nitrogens with one attached hydrogen (secondary N) is 1. The average Bonchev–Trinajstić information content (AvgIpc) is 2.34. The van der Waals surface area contributed by atoms with E-state index >= 15 is 0 Å². The normalized spacial score (nSPS) is 13.9. The van der Waals surface area contributed by atoms with Gasteiger partial charge in [-0.25, -0.2) is 0 Å². The number of ether oxygens (including phenoxy) is 1. The first-order valence-electron chi connectivity index (χ1n) is 6.27. The Morgan fingerprint density at radius 2 is 2.10 bits per heavy atom. The van der Waals surface area contributed by atoms with Crippen LogP contribution in [0.4, 0.5) is 0 Å². The monoisotopic (exact) mass is 282 g/mol. The highest BCUT2D eigenvalue weighted by Crippen LogP contribution is 2.23. The Bertz CT molecular complexity index is 472. The number of rotatable bonds is 6. The zero-order valence-electron chi connectivity index (χ0n) is 12.3. The van der Waals surface area contributed by atoms with E-state index in [0.29, 0.717) is 12.3 Å². The molecule has 6 nitrogen and oxygen atoms in total. The van der Waals surface area contributed by atoms with Gasteiger partial charge in [0, 0.05) is 19.2 Å². The van der Waals surface area contributed by atoms with Crippen molar-refractivity contribution in [2.24, 2.45) is 0 Å². The molecular formula is C14H22N2O4. The van der Waals surface area contributed by atoms with E-state index in [0.717, 1.165) is 0 Å². The summed E-state index contributed by atoms with van der Waals surface area (Å²) in [7, 11) is 5.16. The Morgan fingerprint density at radius 1 is 1.45 bits per heavy atom. The van der Waals surface area contributed by atoms with Gasteiger partial charge in [0.2, 0.25) is 0 Å². The molecule has 1 amide bonds. The second-order valence-corrected chi connectivity index (χ2v) is 5.30. The molecule has 1 unspecified atom stereocenters. The third-order valence-corrected chi connectivity index (χ3v) is 2.74. The SMILES string of the molecule is COc1ccc(C(=O)NCC(C)(O)CN(C)C)c(O)c1. The van der Waals surface area contributed by atoms with Gasteiger partial charge in [0.05, 0.1) is 18.3 Å². The quantitative estimate of drug-likeness (QED) is 0.705. The van der Waals surface area contributed by atoms with Crippen LogP contribution in [0.2, 0.25) is 0 Å². The Morgan fingerprint density at radius 3 is 2.60 bits per heavy atom. The van der Waals surface area contributed by atoms with Crippen molar-refractivity contribution in [2.45, 2.75) is 12.5 Å². The highest BCUT2D eigenvalue weighted by atomic mass is 16.5. The van der Waals surface area contributed by atoms with Gasteiger partial charge in [0.15, 0.2) is 0 Å². The van der Waals surface area contributed by atoms with E-state index in [4.69, 9.17) is 4.74 Å². The summed E-state index contributed by atoms with van der Waals surface area (Å²) in [5.41, 5.74) is -0.896. The van der Waals surface area contributed by atoms with E-state index in [-0.39, 0.29) is 17.9 Å². The van der Waals surface area contributed by atoms with Crippen LogP contribution in [0.3, 0.4) is 0 Å². The number of aromatic hydroxyl groups is 1. The lowest BCUT2D eigenvalue weighted by Gasteiger charge is -2.27. The molecule has 0 aliphatic carbocycles. The summed E-state index contributed by atoms with van der Waals surface area (Å²) in [5, 5.41) is 22.5. The summed E-state index contributed by atoms with van der Waals surface area (Å²) < 4.78 is 4.95. The standard InChI is InChI=1S/C14H22N2O4/c1-14(19,9-16(2)3)8-15-13(18)11-6-5-10(20-4)7-12(11)17/h5-7,17,19H,8-9H2,1-4H3,(H,15,18). The van der Waals surface area contributed by atoms with E-state index in [9.17, 15) is 15.0 Å². The second kappa shape index (κ2) is 6.58. The van der Waals surface area contributed by atoms with Crippen LogP contribution in [-0.2, 0) is 0 Å². The molecule has 112 valence electrons. The Labute approximate surface area is 119 Å². The van der Waals surface area contributed by atoms with E-state index in [1.165, 1.54) is 19.2 Å². The minimum absolute atomic E-state index is 0.0927. The highest BCUT2D eigenvalue weighted by Gasteiger charge is 2.23. The van der Waals surface area contributed by atoms with Crippen LogP contribution >= 0.6 is 0 Å². The summed E-state index contributed by atoms with van der Waals surface area (Å²) in [6.07, 6.45) is 0. The molecule has 0 aliphatic rings. The molecule has 1 aromatic carbocycles. The highest BCUT2D eigenvalue weighted by molar-refractivity contribution is 5.97. The molecule has 1 rings (SSSR count). The van der Waals surface area contributed by atoms with Gasteiger partial charge < -0.3 is 25.2 Å². The van der Waals surface area contributed by atoms with Crippen LogP contribution in [0, 0.1) is 0 Å². The largest absolute Gasteiger partial charge is 0.507 e. The molecule has 0 radical (unpaired) electrons. The lowest BCUT2D eigenvalue weighted by molar-refractivity contribution is 0.0325. The Hall–Kier alpha value is -1.79. The summed E-state index contributed by atoms with van der Waals surface area (Å²) in [4.78, 5) is 13.8. The number of hydrogen-bond acceptors (Lipinski definition) is 5. The van der Waals surface area contributed by atoms with Gasteiger partial charge in [-0.3, -0.25) is 4.79 Å². The third-order valence-electron chi connectivity index (χ3n) is 2.74. The number of amides is 1. The number of likely N-dealkylation sites (N-methyl/N-ethyl adjacent to an activating group) is 1. The molecular weight excluding hydrogens is 260 g/mol. The van der Waals surface area contributed by atoms with Gasteiger partial charge in [0.25, 0.3) is 5.91 Å². The maximum atomic E-state index is 12.0. The summed E-state index contributed by atoms with van der Waals surface area (Å²) in [5.74, 6) is -0.128. The van der Waals surface area contributed by atoms with Crippen LogP contribution in [0.1, 0.15) is 17.3 Å². The van der Waals surface area contributed by atoms with Crippen LogP contribution in [0.25, 0.3) is 0 Å². The van der Waals surface area contributed by atoms with Crippen molar-refractivity contribution in [2.75, 3.05) is 34.3 Å². The van der Waals surface area contributed by atoms with E-state index in [2.05, 4.69) is 5.32 Å². The van der Waals surface area contributed by atoms with E-state index in [1.54, 1.807) is 13.0 Å². The predicted molar refractivity (Wildman–Crippen MR) is 76.2 cm³/mol. The molecule has 1 atom stereocenters. The Balaban J connectivity index is 2.68. The number of methoxy groups -OCH3 is 1. The van der Waals surface area contributed by atoms with Crippen molar-refractivity contribution in [3.63, 3.8) is 0 Å². The molecule has 0 fully saturated rings. The number of benzene rings is 1. The van der Waals surface area contributed by atoms with Gasteiger partial charge in [-0.2, -0.15) is 0 Å². The topological polar surface area (TPSA) is 82.0 Å². The molecule has 0 saturated heterocycles. The second-order valence-electron chi connectivity index (χ2n) is 5.30. The van der Waals surface area contributed by atoms with Gasteiger partial charge in [-0.15, -0.1) is 0 Å². The molecule has 0 spiro atoms. The van der Waals surface area contributed by atoms with Crippen LogP contribution in [0.5, 0.6) is 11.5 Å². The van der Waals surface area contributed by atoms with Gasteiger partial charge >= 0.3 is 0 Å². The maximum Gasteiger partial charge on any atom is 0.255 e. The van der Waals surface area contributed by atoms with E-state index < -0.39 is 11.5 Å². The molecule has 0 saturated carbocycles. The predicted octanol–water partition coefficient (Wildman–Crippen LogP) is 0.443. The fourth-order valence-electron chi connectivity index (χ4n) is 1.93. The summed E-state index contributed by atoms with van der Waals surface area (Å²) in [6.45, 7) is 2.15. The summed E-state index contributed by atoms with van der Waals surface area (Å²) in [6, 6.07) is 4.43. The average molecular weight is 282 g/mol. The molecule has 6 heteroatoms. The van der Waals surface area contributed by atoms with Gasteiger partial charge in [-0.05, 0) is 33.2 Å². The maximum absolute atomic E-state index is 12.0. The molecule has 0 aliphatic heterocycles. The number of phenols is 1. The molecule has 3 N–H and O–H groups in total. The first kappa shape index (κ1) is 16.3. The zero-order valence-corrected chi connectivity index (χ0v) is 12.3. The van der Waals surface area contributed by atoms with Crippen molar-refractivity contribution in [1.29, 1.82) is 0 Å². The smallest absolute Gasteiger partial charge is 0.255 e. The summed E-state index contributed by atoms with van der Waals surface area (Å²) >= 11 is 0. The van der Waals surface area contributed by atoms with Crippen LogP contribution < -0.4 is 10.1 Å². The van der Waals surface area contributed by atoms with Crippen molar-refractivity contribution in [3.05, 3.63) is 23.8 Å². The number of aliphatic hydroxyl groups is 1. The van der Waals surface area contributed by atoms with Crippen LogP contribution in [-0.4, -0.2) is 60.9 Å². The van der Waals surface area contributed by atoms with Crippen molar-refractivity contribution in [1.82, 2.24) is 10.2 Å². The van der Waals surface area contributed by atoms with Crippen LogP contribution in [0.15, 0.2) is 18.2 Å². The number of hydrogen-bond donors (Lipinski definition) is 3. The lowest BCUT2D eigenvalue weighted by Crippen LogP contribution is -2.47. The zero-order chi connectivity index (χ0) is 15.3. The number of carbonyl (C=O) groups excluding carboxylic acids is 1. The molecule has 20 heavy (non-hydrogen) atoms. The Kier molecular flexibility index (Phi) is 5.35. The molecule has 1 aromatic rings. The number of phenolic OH excluding ortho intramolecular Hbond substituents is 1. The fourth-order valence-corrected chi connectivity index (χ4v) is 1.93. The van der Waals surface area contributed by atoms with Gasteiger partial charge in [-0.1, -0.05) is 0 Å². The first-order valence-corrected chi connectivity index (χ1v) is 6.27. The first-order chi connectivity index (χ1) is 9.25. The minimum Gasteiger partial charge on any atom is -0.507 e. The minimum atomic E-state index is -1.04. The van der Waals surface area contributed by atoms with Gasteiger partial charge in [0.1, 0.15) is 11.5 Å². The van der Waals surface area contributed by atoms with Crippen molar-refractivity contribution >= 4 is 5.91 Å². The molecule has 0 bridgehead atoms. The lowest BCUT2D eigenvalue weighted by atomic mass is 10.1. The van der Waals surface area contributed by atoms with Crippen molar-refractivity contribution < 1.29 is 19.7 Å².